The second-order valence-corrected chi connectivity index (χ2v) is 5.54. The van der Waals surface area contributed by atoms with Gasteiger partial charge in [0.25, 0.3) is 0 Å². The highest BCUT2D eigenvalue weighted by molar-refractivity contribution is 5.44. The summed E-state index contributed by atoms with van der Waals surface area (Å²) in [5, 5.41) is 9.69. The van der Waals surface area contributed by atoms with E-state index in [-0.39, 0.29) is 18.8 Å². The molecule has 22 heavy (non-hydrogen) atoms. The third kappa shape index (κ3) is 3.72. The zero-order valence-electron chi connectivity index (χ0n) is 13.7. The Hall–Kier alpha value is -1.30. The first-order valence-electron chi connectivity index (χ1n) is 7.93. The molecule has 1 aliphatic rings. The van der Waals surface area contributed by atoms with Crippen LogP contribution in [0, 0.1) is 0 Å². The van der Waals surface area contributed by atoms with Gasteiger partial charge in [0.2, 0.25) is 0 Å². The fourth-order valence-electron chi connectivity index (χ4n) is 3.01. The van der Waals surface area contributed by atoms with Crippen molar-refractivity contribution in [3.8, 4) is 11.5 Å². The van der Waals surface area contributed by atoms with Gasteiger partial charge in [-0.2, -0.15) is 0 Å². The fourth-order valence-corrected chi connectivity index (χ4v) is 3.01. The topological polar surface area (TPSA) is 51.2 Å². The van der Waals surface area contributed by atoms with E-state index < -0.39 is 0 Å². The second-order valence-electron chi connectivity index (χ2n) is 5.54. The number of morpholine rings is 1. The van der Waals surface area contributed by atoms with E-state index in [4.69, 9.17) is 14.2 Å². The van der Waals surface area contributed by atoms with Gasteiger partial charge in [-0.15, -0.1) is 0 Å². The monoisotopic (exact) mass is 309 g/mol. The minimum absolute atomic E-state index is 0.0155. The van der Waals surface area contributed by atoms with Gasteiger partial charge in [0.1, 0.15) is 6.10 Å². The van der Waals surface area contributed by atoms with Crippen molar-refractivity contribution in [2.24, 2.45) is 0 Å². The van der Waals surface area contributed by atoms with Crippen LogP contribution in [0.2, 0.25) is 0 Å². The molecule has 1 N–H and O–H groups in total. The van der Waals surface area contributed by atoms with Crippen LogP contribution in [0.25, 0.3) is 0 Å². The number of rotatable bonds is 7. The van der Waals surface area contributed by atoms with Gasteiger partial charge in [0.05, 0.1) is 33.5 Å². The van der Waals surface area contributed by atoms with E-state index in [9.17, 15) is 5.11 Å². The van der Waals surface area contributed by atoms with Crippen molar-refractivity contribution in [2.75, 3.05) is 40.5 Å². The van der Waals surface area contributed by atoms with Crippen LogP contribution in [-0.2, 0) is 4.74 Å². The van der Waals surface area contributed by atoms with Crippen molar-refractivity contribution in [3.63, 3.8) is 0 Å². The highest BCUT2D eigenvalue weighted by Gasteiger charge is 2.33. The van der Waals surface area contributed by atoms with Crippen LogP contribution >= 0.6 is 0 Å². The van der Waals surface area contributed by atoms with Gasteiger partial charge < -0.3 is 19.3 Å². The summed E-state index contributed by atoms with van der Waals surface area (Å²) in [7, 11) is 3.27. The number of ether oxygens (including phenoxy) is 3. The van der Waals surface area contributed by atoms with Crippen molar-refractivity contribution in [1.29, 1.82) is 0 Å². The summed E-state index contributed by atoms with van der Waals surface area (Å²) in [6.07, 6.45) is 2.09. The first kappa shape index (κ1) is 17.1. The van der Waals surface area contributed by atoms with Crippen LogP contribution in [-0.4, -0.2) is 56.6 Å². The average Bonchev–Trinajstić information content (AvgIpc) is 2.58. The molecule has 0 aromatic heterocycles. The van der Waals surface area contributed by atoms with Gasteiger partial charge in [-0.25, -0.2) is 0 Å². The van der Waals surface area contributed by atoms with Gasteiger partial charge in [-0.1, -0.05) is 19.4 Å². The summed E-state index contributed by atoms with van der Waals surface area (Å²) in [4.78, 5) is 2.40. The third-order valence-electron chi connectivity index (χ3n) is 4.18. The van der Waals surface area contributed by atoms with E-state index in [0.29, 0.717) is 18.1 Å². The molecular formula is C17H27NO4. The third-order valence-corrected chi connectivity index (χ3v) is 4.18. The van der Waals surface area contributed by atoms with E-state index in [0.717, 1.165) is 31.5 Å². The Labute approximate surface area is 132 Å². The predicted octanol–water partition coefficient (Wildman–Crippen LogP) is 2.24. The summed E-state index contributed by atoms with van der Waals surface area (Å²) >= 11 is 0. The van der Waals surface area contributed by atoms with Crippen LogP contribution in [0.15, 0.2) is 18.2 Å². The van der Waals surface area contributed by atoms with E-state index in [2.05, 4.69) is 11.8 Å². The van der Waals surface area contributed by atoms with Crippen molar-refractivity contribution in [2.45, 2.75) is 31.9 Å². The van der Waals surface area contributed by atoms with Crippen LogP contribution in [0.4, 0.5) is 0 Å². The standard InChI is InChI=1S/C17H27NO4/c1-4-5-8-18-9-10-22-16(12-19)17(18)13-6-7-14(20-2)15(11-13)21-3/h6-7,11,16-17,19H,4-5,8-10,12H2,1-3H3. The molecule has 1 aromatic rings. The molecule has 2 unspecified atom stereocenters. The normalized spacial score (nSPS) is 22.5. The molecule has 124 valence electrons. The molecule has 5 nitrogen and oxygen atoms in total. The number of aliphatic hydroxyl groups excluding tert-OH is 1. The Bertz CT molecular complexity index is 466. The van der Waals surface area contributed by atoms with E-state index in [1.807, 2.05) is 18.2 Å². The molecule has 1 aliphatic heterocycles. The molecule has 1 saturated heterocycles. The number of aliphatic hydroxyl groups is 1. The lowest BCUT2D eigenvalue weighted by Crippen LogP contribution is -2.47. The first-order chi connectivity index (χ1) is 10.7. The molecule has 0 aliphatic carbocycles. The molecule has 5 heteroatoms. The lowest BCUT2D eigenvalue weighted by atomic mass is 9.97. The Kier molecular flexibility index (Phi) is 6.49. The number of nitrogens with zero attached hydrogens (tertiary/aromatic N) is 1. The molecule has 1 aromatic carbocycles. The van der Waals surface area contributed by atoms with Crippen LogP contribution in [0.5, 0.6) is 11.5 Å². The Balaban J connectivity index is 2.30. The lowest BCUT2D eigenvalue weighted by Gasteiger charge is -2.41. The summed E-state index contributed by atoms with van der Waals surface area (Å²) < 4.78 is 16.5. The number of methoxy groups -OCH3 is 2. The highest BCUT2D eigenvalue weighted by atomic mass is 16.5. The van der Waals surface area contributed by atoms with E-state index in [1.54, 1.807) is 14.2 Å². The zero-order chi connectivity index (χ0) is 15.9. The lowest BCUT2D eigenvalue weighted by molar-refractivity contribution is -0.0933. The number of hydrogen-bond donors (Lipinski definition) is 1. The summed E-state index contributed by atoms with van der Waals surface area (Å²) in [6.45, 7) is 4.76. The maximum absolute atomic E-state index is 9.69. The highest BCUT2D eigenvalue weighted by Crippen LogP contribution is 2.35. The van der Waals surface area contributed by atoms with Gasteiger partial charge in [0, 0.05) is 6.54 Å². The largest absolute Gasteiger partial charge is 0.493 e. The van der Waals surface area contributed by atoms with Crippen molar-refractivity contribution < 1.29 is 19.3 Å². The molecule has 1 heterocycles. The van der Waals surface area contributed by atoms with Gasteiger partial charge in [-0.05, 0) is 30.7 Å². The molecule has 2 rings (SSSR count). The number of unbranched alkanes of at least 4 members (excludes halogenated alkanes) is 1. The Morgan fingerprint density at radius 1 is 1.27 bits per heavy atom. The van der Waals surface area contributed by atoms with Gasteiger partial charge in [0.15, 0.2) is 11.5 Å². The Morgan fingerprint density at radius 2 is 2.05 bits per heavy atom. The van der Waals surface area contributed by atoms with Crippen LogP contribution in [0.3, 0.4) is 0 Å². The molecule has 2 atom stereocenters. The average molecular weight is 309 g/mol. The molecule has 1 fully saturated rings. The molecular weight excluding hydrogens is 282 g/mol. The van der Waals surface area contributed by atoms with E-state index >= 15 is 0 Å². The fraction of sp³-hybridized carbons (Fsp3) is 0.647. The van der Waals surface area contributed by atoms with Crippen molar-refractivity contribution in [3.05, 3.63) is 23.8 Å². The predicted molar refractivity (Wildman–Crippen MR) is 85.6 cm³/mol. The minimum atomic E-state index is -0.205. The molecule has 0 bridgehead atoms. The SMILES string of the molecule is CCCCN1CCOC(CO)C1c1ccc(OC)c(OC)c1. The molecule has 0 spiro atoms. The number of benzene rings is 1. The first-order valence-corrected chi connectivity index (χ1v) is 7.93. The Morgan fingerprint density at radius 3 is 2.68 bits per heavy atom. The van der Waals surface area contributed by atoms with Crippen molar-refractivity contribution >= 4 is 0 Å². The summed E-state index contributed by atoms with van der Waals surface area (Å²) in [6, 6.07) is 5.97. The molecule has 0 amide bonds. The van der Waals surface area contributed by atoms with Crippen LogP contribution in [0.1, 0.15) is 31.4 Å². The summed E-state index contributed by atoms with van der Waals surface area (Å²) in [5.41, 5.74) is 1.09. The van der Waals surface area contributed by atoms with Gasteiger partial charge >= 0.3 is 0 Å². The second kappa shape index (κ2) is 8.36. The molecule has 0 saturated carbocycles. The zero-order valence-corrected chi connectivity index (χ0v) is 13.7. The number of hydrogen-bond acceptors (Lipinski definition) is 5. The molecule has 0 radical (unpaired) electrons. The maximum Gasteiger partial charge on any atom is 0.161 e. The minimum Gasteiger partial charge on any atom is -0.493 e. The van der Waals surface area contributed by atoms with E-state index in [1.165, 1.54) is 0 Å². The summed E-state index contributed by atoms with van der Waals surface area (Å²) in [5.74, 6) is 1.42. The van der Waals surface area contributed by atoms with Crippen molar-refractivity contribution in [1.82, 2.24) is 4.90 Å². The quantitative estimate of drug-likeness (QED) is 0.837. The maximum atomic E-state index is 9.69. The van der Waals surface area contributed by atoms with Crippen LogP contribution < -0.4 is 9.47 Å². The smallest absolute Gasteiger partial charge is 0.161 e. The van der Waals surface area contributed by atoms with Gasteiger partial charge in [-0.3, -0.25) is 4.90 Å².